The maximum Gasteiger partial charge on any atom is 0.159 e. The fraction of sp³-hybridized carbons (Fsp3) is 0.500. The Labute approximate surface area is 193 Å². The standard InChI is InChI=1S/C18H27ClN4O2.C4H8.C2H6/c1-24-18(25-2)13-7-9-23(10-8-13)14-5-3-12(4-6-14)15(17(21)22)11-16(19)20;1-3-4-2;1-2/h3-6,11,13,18H,7-10,20-22H2,1-2H3;3-4H,1-2H3;1-2H3/b16-11-;4-3-;. The summed E-state index contributed by atoms with van der Waals surface area (Å²) in [6.45, 7) is 9.92. The molecule has 2 rings (SSSR count). The third-order valence-corrected chi connectivity index (χ3v) is 4.97. The highest BCUT2D eigenvalue weighted by atomic mass is 35.5. The van der Waals surface area contributed by atoms with Gasteiger partial charge in [0.15, 0.2) is 6.29 Å². The monoisotopic (exact) mass is 452 g/mol. The SMILES string of the molecule is C/C=C\C.CC.COC(OC)C1CCN(c2ccc(C(/C=C(\N)Cl)=C(N)N)cc2)CC1. The quantitative estimate of drug-likeness (QED) is 0.249. The van der Waals surface area contributed by atoms with Crippen molar-refractivity contribution in [3.8, 4) is 0 Å². The zero-order valence-corrected chi connectivity index (χ0v) is 20.7. The number of nitrogens with zero attached hydrogens (tertiary/aromatic N) is 1. The maximum atomic E-state index is 5.75. The van der Waals surface area contributed by atoms with Gasteiger partial charge in [-0.05, 0) is 50.5 Å². The second-order valence-corrected chi connectivity index (χ2v) is 7.21. The minimum absolute atomic E-state index is 0.127. The topological polar surface area (TPSA) is 99.8 Å². The first kappa shape index (κ1) is 28.9. The van der Waals surface area contributed by atoms with E-state index in [1.54, 1.807) is 20.3 Å². The molecule has 1 heterocycles. The number of allylic oxidation sites excluding steroid dienone is 4. The zero-order valence-electron chi connectivity index (χ0n) is 19.9. The van der Waals surface area contributed by atoms with E-state index in [0.29, 0.717) is 11.5 Å². The van der Waals surface area contributed by atoms with Crippen LogP contribution in [0.15, 0.2) is 53.5 Å². The first-order valence-electron chi connectivity index (χ1n) is 10.7. The van der Waals surface area contributed by atoms with Gasteiger partial charge < -0.3 is 31.6 Å². The van der Waals surface area contributed by atoms with Crippen LogP contribution in [0.5, 0.6) is 0 Å². The Morgan fingerprint density at radius 3 is 1.84 bits per heavy atom. The highest BCUT2D eigenvalue weighted by Crippen LogP contribution is 2.28. The Morgan fingerprint density at radius 2 is 1.48 bits per heavy atom. The third-order valence-electron chi connectivity index (χ3n) is 4.86. The third kappa shape index (κ3) is 10.1. The lowest BCUT2D eigenvalue weighted by molar-refractivity contribution is -0.141. The van der Waals surface area contributed by atoms with Gasteiger partial charge in [-0.15, -0.1) is 0 Å². The molecule has 0 bridgehead atoms. The zero-order chi connectivity index (χ0) is 23.8. The van der Waals surface area contributed by atoms with Crippen molar-refractivity contribution >= 4 is 22.9 Å². The van der Waals surface area contributed by atoms with Crippen molar-refractivity contribution in [2.24, 2.45) is 23.1 Å². The lowest BCUT2D eigenvalue weighted by Gasteiger charge is -2.36. The van der Waals surface area contributed by atoms with Crippen LogP contribution in [0.3, 0.4) is 0 Å². The second kappa shape index (κ2) is 16.5. The molecule has 0 aromatic heterocycles. The molecule has 1 aliphatic rings. The Morgan fingerprint density at radius 1 is 1.00 bits per heavy atom. The molecule has 0 aliphatic carbocycles. The van der Waals surface area contributed by atoms with Gasteiger partial charge >= 0.3 is 0 Å². The Kier molecular flexibility index (Phi) is 15.4. The summed E-state index contributed by atoms with van der Waals surface area (Å²) in [5.41, 5.74) is 19.7. The van der Waals surface area contributed by atoms with Gasteiger partial charge in [0.2, 0.25) is 0 Å². The highest BCUT2D eigenvalue weighted by molar-refractivity contribution is 6.29. The molecule has 1 saturated heterocycles. The summed E-state index contributed by atoms with van der Waals surface area (Å²) in [6.07, 6.45) is 7.49. The molecule has 1 aliphatic heterocycles. The first-order valence-corrected chi connectivity index (χ1v) is 11.1. The van der Waals surface area contributed by atoms with Gasteiger partial charge in [0.1, 0.15) is 5.82 Å². The minimum atomic E-state index is -0.127. The van der Waals surface area contributed by atoms with Crippen LogP contribution < -0.4 is 22.1 Å². The van der Waals surface area contributed by atoms with Crippen LogP contribution >= 0.6 is 11.6 Å². The van der Waals surface area contributed by atoms with E-state index in [-0.39, 0.29) is 17.3 Å². The number of methoxy groups -OCH3 is 2. The summed E-state index contributed by atoms with van der Waals surface area (Å²) in [5, 5.41) is 0.139. The van der Waals surface area contributed by atoms with Gasteiger partial charge in [-0.25, -0.2) is 0 Å². The molecular weight excluding hydrogens is 412 g/mol. The number of piperidine rings is 1. The van der Waals surface area contributed by atoms with Crippen LogP contribution in [0.1, 0.15) is 46.1 Å². The predicted molar refractivity (Wildman–Crippen MR) is 134 cm³/mol. The average Bonchev–Trinajstić information content (AvgIpc) is 2.80. The van der Waals surface area contributed by atoms with E-state index in [4.69, 9.17) is 38.3 Å². The number of hydrogen-bond donors (Lipinski definition) is 3. The second-order valence-electron chi connectivity index (χ2n) is 6.78. The summed E-state index contributed by atoms with van der Waals surface area (Å²) < 4.78 is 10.8. The molecule has 6 N–H and O–H groups in total. The molecule has 1 aromatic rings. The van der Waals surface area contributed by atoms with Crippen molar-refractivity contribution in [1.82, 2.24) is 0 Å². The van der Waals surface area contributed by atoms with E-state index in [1.165, 1.54) is 0 Å². The molecular formula is C24H41ClN4O2. The number of hydrogen-bond acceptors (Lipinski definition) is 6. The number of anilines is 1. The molecule has 176 valence electrons. The van der Waals surface area contributed by atoms with Crippen molar-refractivity contribution in [2.75, 3.05) is 32.2 Å². The highest BCUT2D eigenvalue weighted by Gasteiger charge is 2.26. The number of nitrogens with two attached hydrogens (primary N) is 3. The molecule has 0 radical (unpaired) electrons. The first-order chi connectivity index (χ1) is 14.9. The molecule has 1 fully saturated rings. The molecule has 1 aromatic carbocycles. The molecule has 31 heavy (non-hydrogen) atoms. The van der Waals surface area contributed by atoms with Crippen molar-refractivity contribution in [2.45, 2.75) is 46.8 Å². The normalized spacial score (nSPS) is 14.6. The summed E-state index contributed by atoms with van der Waals surface area (Å²) in [5.74, 6) is 0.608. The van der Waals surface area contributed by atoms with Crippen LogP contribution in [-0.2, 0) is 9.47 Å². The largest absolute Gasteiger partial charge is 0.389 e. The molecule has 0 saturated carbocycles. The molecule has 0 spiro atoms. The Hall–Kier alpha value is -2.15. The van der Waals surface area contributed by atoms with E-state index in [0.717, 1.165) is 37.2 Å². The van der Waals surface area contributed by atoms with Crippen molar-refractivity contribution in [3.63, 3.8) is 0 Å². The van der Waals surface area contributed by atoms with E-state index in [2.05, 4.69) is 17.0 Å². The summed E-state index contributed by atoms with van der Waals surface area (Å²) in [6, 6.07) is 8.06. The van der Waals surface area contributed by atoms with Gasteiger partial charge in [-0.3, -0.25) is 0 Å². The van der Waals surface area contributed by atoms with Crippen LogP contribution in [0, 0.1) is 5.92 Å². The van der Waals surface area contributed by atoms with Gasteiger partial charge in [-0.1, -0.05) is 49.7 Å². The summed E-state index contributed by atoms with van der Waals surface area (Å²) in [4.78, 5) is 2.35. The number of ether oxygens (including phenoxy) is 2. The van der Waals surface area contributed by atoms with Gasteiger partial charge in [0, 0.05) is 44.5 Å². The van der Waals surface area contributed by atoms with E-state index < -0.39 is 0 Å². The van der Waals surface area contributed by atoms with E-state index in [1.807, 2.05) is 52.0 Å². The van der Waals surface area contributed by atoms with Gasteiger partial charge in [0.25, 0.3) is 0 Å². The average molecular weight is 453 g/mol. The molecule has 0 amide bonds. The van der Waals surface area contributed by atoms with Crippen molar-refractivity contribution < 1.29 is 9.47 Å². The smallest absolute Gasteiger partial charge is 0.159 e. The lowest BCUT2D eigenvalue weighted by Crippen LogP contribution is -2.39. The maximum absolute atomic E-state index is 5.75. The Bertz CT molecular complexity index is 678. The number of rotatable bonds is 6. The predicted octanol–water partition coefficient (Wildman–Crippen LogP) is 4.76. The number of halogens is 1. The van der Waals surface area contributed by atoms with Crippen LogP contribution in [0.25, 0.3) is 5.57 Å². The van der Waals surface area contributed by atoms with Crippen LogP contribution in [0.4, 0.5) is 5.69 Å². The van der Waals surface area contributed by atoms with Crippen LogP contribution in [0.2, 0.25) is 0 Å². The van der Waals surface area contributed by atoms with E-state index >= 15 is 0 Å². The van der Waals surface area contributed by atoms with E-state index in [9.17, 15) is 0 Å². The summed E-state index contributed by atoms with van der Waals surface area (Å²) in [7, 11) is 3.38. The minimum Gasteiger partial charge on any atom is -0.389 e. The van der Waals surface area contributed by atoms with Crippen LogP contribution in [-0.4, -0.2) is 33.6 Å². The molecule has 6 nitrogen and oxygen atoms in total. The molecule has 7 heteroatoms. The lowest BCUT2D eigenvalue weighted by atomic mass is 9.95. The van der Waals surface area contributed by atoms with Crippen molar-refractivity contribution in [1.29, 1.82) is 0 Å². The molecule has 0 atom stereocenters. The fourth-order valence-corrected chi connectivity index (χ4v) is 3.34. The van der Waals surface area contributed by atoms with Gasteiger partial charge in [-0.2, -0.15) is 0 Å². The summed E-state index contributed by atoms with van der Waals surface area (Å²) >= 11 is 5.75. The fourth-order valence-electron chi connectivity index (χ4n) is 3.23. The Balaban J connectivity index is 0.00000134. The van der Waals surface area contributed by atoms with Gasteiger partial charge in [0.05, 0.1) is 5.16 Å². The molecule has 0 unspecified atom stereocenters. The number of benzene rings is 1. The van der Waals surface area contributed by atoms with Crippen molar-refractivity contribution in [3.05, 3.63) is 59.0 Å².